The first-order valence-corrected chi connectivity index (χ1v) is 4.33. The lowest BCUT2D eigenvalue weighted by Crippen LogP contribution is -1.78. The molecule has 0 atom stereocenters. The number of hydrogen-bond acceptors (Lipinski definition) is 1. The number of pyridine rings is 1. The predicted molar refractivity (Wildman–Crippen MR) is 53.2 cm³/mol. The number of rotatable bonds is 0. The monoisotopic (exact) mass is 198 g/mol. The Hall–Kier alpha value is -0.800. The van der Waals surface area contributed by atoms with Gasteiger partial charge in [0.1, 0.15) is 10.8 Å². The Kier molecular flexibility index (Phi) is 1.70. The minimum Gasteiger partial charge on any atom is -0.347 e. The lowest BCUT2D eigenvalue weighted by atomic mass is 10.2. The van der Waals surface area contributed by atoms with E-state index in [1.807, 2.05) is 13.1 Å². The van der Waals surface area contributed by atoms with Gasteiger partial charge >= 0.3 is 0 Å². The van der Waals surface area contributed by atoms with Gasteiger partial charge in [-0.15, -0.1) is 0 Å². The topological polar surface area (TPSA) is 31.6 Å². The summed E-state index contributed by atoms with van der Waals surface area (Å²) in [6.07, 6.45) is 1.91. The maximum atomic E-state index is 5.79. The van der Waals surface area contributed by atoms with Gasteiger partial charge in [-0.25, -0.2) is 0 Å². The molecule has 2 N–H and O–H groups in total. The number of aryl methyl sites for hydroxylation is 1. The summed E-state index contributed by atoms with van der Waals surface area (Å²) in [6, 6.07) is 1.75. The van der Waals surface area contributed by atoms with E-state index in [0.717, 1.165) is 21.1 Å². The summed E-state index contributed by atoms with van der Waals surface area (Å²) in [5, 5.41) is 1.61. The van der Waals surface area contributed by atoms with Crippen LogP contribution in [0.3, 0.4) is 0 Å². The maximum Gasteiger partial charge on any atom is 0.117 e. The molecule has 2 heterocycles. The largest absolute Gasteiger partial charge is 0.347 e. The summed E-state index contributed by atoms with van der Waals surface area (Å²) in [5.41, 5.74) is 2.04. The van der Waals surface area contributed by atoms with E-state index in [2.05, 4.69) is 9.97 Å². The van der Waals surface area contributed by atoms with Crippen molar-refractivity contribution in [1.82, 2.24) is 9.97 Å². The molecule has 2 aromatic rings. The summed E-state index contributed by atoms with van der Waals surface area (Å²) in [7, 11) is 0. The maximum absolute atomic E-state index is 5.79. The second kappa shape index (κ2) is 2.61. The van der Waals surface area contributed by atoms with Crippen molar-refractivity contribution in [3.8, 4) is 0 Å². The van der Waals surface area contributed by atoms with Crippen LogP contribution in [0.1, 0.15) is 5.56 Å². The minimum absolute atomic E-state index is 0.564. The summed E-state index contributed by atoms with van der Waals surface area (Å²) in [5.74, 6) is 0. The summed E-state index contributed by atoms with van der Waals surface area (Å²) in [6.45, 7) is 2.01. The highest BCUT2D eigenvalue weighted by molar-refractivity contribution is 7.71. The van der Waals surface area contributed by atoms with Crippen molar-refractivity contribution in [2.75, 3.05) is 0 Å². The van der Waals surface area contributed by atoms with Crippen LogP contribution in [0.2, 0.25) is 5.15 Å². The summed E-state index contributed by atoms with van der Waals surface area (Å²) >= 11 is 10.9. The molecule has 2 nitrogen and oxygen atoms in total. The second-order valence-electron chi connectivity index (χ2n) is 2.70. The highest BCUT2D eigenvalue weighted by Gasteiger charge is 2.01. The number of aromatic amines is 2. The van der Waals surface area contributed by atoms with Crippen molar-refractivity contribution in [2.45, 2.75) is 6.92 Å². The standard InChI is InChI=1S/C8H7ClN2S/c1-4-3-10-8-7(4)5(12)2-6(9)11-8/h2-3H,1H3,(H2,10,11,12). The third-order valence-corrected chi connectivity index (χ3v) is 2.35. The number of aromatic nitrogens is 2. The molecule has 0 aliphatic carbocycles. The first-order chi connectivity index (χ1) is 5.68. The fourth-order valence-corrected chi connectivity index (χ4v) is 1.93. The molecule has 2 aromatic heterocycles. The molecule has 0 aliphatic heterocycles. The number of H-pyrrole nitrogens is 2. The fraction of sp³-hybridized carbons (Fsp3) is 0.125. The van der Waals surface area contributed by atoms with E-state index in [1.54, 1.807) is 6.07 Å². The van der Waals surface area contributed by atoms with Gasteiger partial charge < -0.3 is 9.97 Å². The van der Waals surface area contributed by atoms with Crippen molar-refractivity contribution >= 4 is 34.9 Å². The van der Waals surface area contributed by atoms with Gasteiger partial charge in [-0.2, -0.15) is 0 Å². The number of halogens is 1. The molecule has 62 valence electrons. The molecule has 0 amide bonds. The van der Waals surface area contributed by atoms with Crippen molar-refractivity contribution in [2.24, 2.45) is 0 Å². The van der Waals surface area contributed by atoms with Crippen LogP contribution in [-0.2, 0) is 0 Å². The number of fused-ring (bicyclic) bond motifs is 1. The van der Waals surface area contributed by atoms with Gasteiger partial charge in [-0.05, 0) is 18.6 Å². The molecule has 0 unspecified atom stereocenters. The normalized spacial score (nSPS) is 10.8. The zero-order valence-electron chi connectivity index (χ0n) is 6.44. The first-order valence-electron chi connectivity index (χ1n) is 3.55. The average molecular weight is 199 g/mol. The Bertz CT molecular complexity index is 483. The Morgan fingerprint density at radius 3 is 3.00 bits per heavy atom. The van der Waals surface area contributed by atoms with Crippen LogP contribution in [0.15, 0.2) is 12.3 Å². The van der Waals surface area contributed by atoms with Gasteiger partial charge in [0.2, 0.25) is 0 Å². The number of hydrogen-bond donors (Lipinski definition) is 2. The van der Waals surface area contributed by atoms with Crippen LogP contribution in [0.25, 0.3) is 11.0 Å². The molecule has 0 saturated carbocycles. The second-order valence-corrected chi connectivity index (χ2v) is 3.55. The summed E-state index contributed by atoms with van der Waals surface area (Å²) in [4.78, 5) is 6.06. The van der Waals surface area contributed by atoms with Gasteiger partial charge in [-0.1, -0.05) is 23.8 Å². The van der Waals surface area contributed by atoms with E-state index < -0.39 is 0 Å². The fourth-order valence-electron chi connectivity index (χ4n) is 1.28. The quantitative estimate of drug-likeness (QED) is 0.495. The van der Waals surface area contributed by atoms with Crippen LogP contribution in [0.4, 0.5) is 0 Å². The average Bonchev–Trinajstić information content (AvgIpc) is 2.31. The Morgan fingerprint density at radius 1 is 1.50 bits per heavy atom. The van der Waals surface area contributed by atoms with E-state index in [1.165, 1.54) is 0 Å². The molecule has 2 rings (SSSR count). The first kappa shape index (κ1) is 7.83. The van der Waals surface area contributed by atoms with E-state index in [0.29, 0.717) is 5.15 Å². The van der Waals surface area contributed by atoms with Gasteiger partial charge in [0.15, 0.2) is 0 Å². The molecule has 4 heteroatoms. The van der Waals surface area contributed by atoms with Crippen LogP contribution in [-0.4, -0.2) is 9.97 Å². The molecule has 0 aliphatic rings. The van der Waals surface area contributed by atoms with Crippen molar-refractivity contribution < 1.29 is 0 Å². The third-order valence-electron chi connectivity index (χ3n) is 1.83. The van der Waals surface area contributed by atoms with Crippen LogP contribution >= 0.6 is 23.8 Å². The molecule has 0 aromatic carbocycles. The molecule has 0 fully saturated rings. The predicted octanol–water partition coefficient (Wildman–Crippen LogP) is 3.19. The van der Waals surface area contributed by atoms with E-state index in [9.17, 15) is 0 Å². The zero-order valence-corrected chi connectivity index (χ0v) is 8.01. The third kappa shape index (κ3) is 1.06. The molecule has 0 saturated heterocycles. The Morgan fingerprint density at radius 2 is 2.25 bits per heavy atom. The molecule has 0 spiro atoms. The van der Waals surface area contributed by atoms with E-state index >= 15 is 0 Å². The number of nitrogens with one attached hydrogen (secondary N) is 2. The molecule has 12 heavy (non-hydrogen) atoms. The Balaban J connectivity index is 3.03. The van der Waals surface area contributed by atoms with Crippen molar-refractivity contribution in [1.29, 1.82) is 0 Å². The molecular weight excluding hydrogens is 192 g/mol. The summed E-state index contributed by atoms with van der Waals surface area (Å²) < 4.78 is 0.785. The highest BCUT2D eigenvalue weighted by atomic mass is 35.5. The molecular formula is C8H7ClN2S. The van der Waals surface area contributed by atoms with Crippen LogP contribution in [0.5, 0.6) is 0 Å². The lowest BCUT2D eigenvalue weighted by Gasteiger charge is -1.93. The zero-order chi connectivity index (χ0) is 8.72. The Labute approximate surface area is 79.6 Å². The SMILES string of the molecule is Cc1c[nH]c2[nH]c(Cl)cc(=S)c12. The van der Waals surface area contributed by atoms with Crippen molar-refractivity contribution in [3.05, 3.63) is 27.5 Å². The van der Waals surface area contributed by atoms with Gasteiger partial charge in [-0.3, -0.25) is 0 Å². The molecule has 0 radical (unpaired) electrons. The van der Waals surface area contributed by atoms with Crippen molar-refractivity contribution in [3.63, 3.8) is 0 Å². The van der Waals surface area contributed by atoms with E-state index in [4.69, 9.17) is 23.8 Å². The minimum atomic E-state index is 0.564. The highest BCUT2D eigenvalue weighted by Crippen LogP contribution is 2.19. The lowest BCUT2D eigenvalue weighted by molar-refractivity contribution is 1.32. The van der Waals surface area contributed by atoms with E-state index in [-0.39, 0.29) is 0 Å². The molecule has 0 bridgehead atoms. The van der Waals surface area contributed by atoms with Gasteiger partial charge in [0, 0.05) is 11.6 Å². The van der Waals surface area contributed by atoms with Crippen LogP contribution < -0.4 is 0 Å². The smallest absolute Gasteiger partial charge is 0.117 e. The van der Waals surface area contributed by atoms with Crippen LogP contribution in [0, 0.1) is 11.4 Å². The van der Waals surface area contributed by atoms with Gasteiger partial charge in [0.05, 0.1) is 4.51 Å². The van der Waals surface area contributed by atoms with Gasteiger partial charge in [0.25, 0.3) is 0 Å².